The van der Waals surface area contributed by atoms with Crippen LogP contribution in [0.4, 0.5) is 11.4 Å². The first-order chi connectivity index (χ1) is 15.7. The van der Waals surface area contributed by atoms with Crippen molar-refractivity contribution in [2.45, 2.75) is 56.2 Å². The molecule has 33 heavy (non-hydrogen) atoms. The number of para-hydroxylation sites is 1. The number of hydrogen-bond donors (Lipinski definition) is 1. The first-order valence-corrected chi connectivity index (χ1v) is 14.1. The van der Waals surface area contributed by atoms with Crippen LogP contribution in [-0.4, -0.2) is 44.2 Å². The molecule has 0 amide bonds. The molecule has 0 aromatic heterocycles. The lowest BCUT2D eigenvalue weighted by molar-refractivity contribution is -0.139. The van der Waals surface area contributed by atoms with Gasteiger partial charge < -0.3 is 14.7 Å². The fraction of sp³-hybridized carbons (Fsp3) is 0.480. The van der Waals surface area contributed by atoms with Crippen molar-refractivity contribution < 1.29 is 23.1 Å². The Bertz CT molecular complexity index is 1070. The van der Waals surface area contributed by atoms with Crippen molar-refractivity contribution in [1.29, 1.82) is 0 Å². The summed E-state index contributed by atoms with van der Waals surface area (Å²) in [5.74, 6) is 0.00845. The van der Waals surface area contributed by atoms with Crippen LogP contribution in [0.5, 0.6) is 5.75 Å². The van der Waals surface area contributed by atoms with E-state index in [4.69, 9.17) is 9.84 Å². The van der Waals surface area contributed by atoms with E-state index in [0.29, 0.717) is 18.0 Å². The zero-order valence-electron chi connectivity index (χ0n) is 19.5. The molecule has 0 saturated carbocycles. The molecular formula is C25H33NO5S2. The molecule has 1 N–H and O–H groups in total. The van der Waals surface area contributed by atoms with Gasteiger partial charge >= 0.3 is 5.97 Å². The van der Waals surface area contributed by atoms with Gasteiger partial charge in [-0.3, -0.25) is 0 Å². The minimum absolute atomic E-state index is 0.0610. The van der Waals surface area contributed by atoms with E-state index in [1.54, 1.807) is 0 Å². The topological polar surface area (TPSA) is 83.9 Å². The number of benzene rings is 2. The standard InChI is InChI=1S/C25H33NO5S2/c1-4-7-13-25(5-2)17-26(19-11-9-8-10-12-19)20-14-22(32-6-3)21(31-16-24(27)28)15-23(20)33(29,30)18-25/h8-12,14-15H,4-7,13,16-18H2,1-3H3,(H,27,28). The first-order valence-electron chi connectivity index (χ1n) is 11.5. The summed E-state index contributed by atoms with van der Waals surface area (Å²) in [6.45, 7) is 6.28. The van der Waals surface area contributed by atoms with Gasteiger partial charge in [0.1, 0.15) is 5.75 Å². The van der Waals surface area contributed by atoms with Crippen LogP contribution >= 0.6 is 11.8 Å². The van der Waals surface area contributed by atoms with Crippen LogP contribution in [0.1, 0.15) is 46.5 Å². The fourth-order valence-electron chi connectivity index (χ4n) is 4.39. The number of fused-ring (bicyclic) bond motifs is 1. The highest BCUT2D eigenvalue weighted by atomic mass is 32.2. The summed E-state index contributed by atoms with van der Waals surface area (Å²) < 4.78 is 33.1. The Morgan fingerprint density at radius 2 is 1.91 bits per heavy atom. The third-order valence-corrected chi connectivity index (χ3v) is 9.08. The van der Waals surface area contributed by atoms with E-state index in [2.05, 4.69) is 18.7 Å². The van der Waals surface area contributed by atoms with Gasteiger partial charge in [-0.15, -0.1) is 11.8 Å². The molecule has 0 radical (unpaired) electrons. The molecule has 0 fully saturated rings. The van der Waals surface area contributed by atoms with Crippen LogP contribution in [0.25, 0.3) is 0 Å². The average molecular weight is 492 g/mol. The molecule has 2 aromatic rings. The number of ether oxygens (including phenoxy) is 1. The number of aliphatic carboxylic acids is 1. The SMILES string of the molecule is CCCCC1(CC)CN(c2ccccc2)c2cc(SCC)c(OCC(=O)O)cc2S(=O)(=O)C1. The smallest absolute Gasteiger partial charge is 0.341 e. The Hall–Kier alpha value is -2.19. The van der Waals surface area contributed by atoms with E-state index >= 15 is 0 Å². The molecule has 1 heterocycles. The summed E-state index contributed by atoms with van der Waals surface area (Å²) >= 11 is 1.51. The van der Waals surface area contributed by atoms with E-state index in [9.17, 15) is 13.2 Å². The van der Waals surface area contributed by atoms with Gasteiger partial charge in [0, 0.05) is 23.7 Å². The number of carboxylic acid groups (broad SMARTS) is 1. The van der Waals surface area contributed by atoms with Crippen molar-refractivity contribution in [3.05, 3.63) is 42.5 Å². The van der Waals surface area contributed by atoms with Crippen LogP contribution in [0, 0.1) is 5.41 Å². The maximum absolute atomic E-state index is 13.8. The third kappa shape index (κ3) is 5.84. The summed E-state index contributed by atoms with van der Waals surface area (Å²) in [6.07, 6.45) is 3.55. The van der Waals surface area contributed by atoms with E-state index in [1.807, 2.05) is 43.3 Å². The molecule has 0 saturated heterocycles. The summed E-state index contributed by atoms with van der Waals surface area (Å²) in [7, 11) is -3.64. The summed E-state index contributed by atoms with van der Waals surface area (Å²) in [5, 5.41) is 9.10. The first kappa shape index (κ1) is 25.4. The number of thioether (sulfide) groups is 1. The number of sulfone groups is 1. The molecule has 6 nitrogen and oxygen atoms in total. The number of hydrogen-bond acceptors (Lipinski definition) is 6. The minimum Gasteiger partial charge on any atom is -0.481 e. The highest BCUT2D eigenvalue weighted by molar-refractivity contribution is 7.99. The Kier molecular flexibility index (Phi) is 8.34. The lowest BCUT2D eigenvalue weighted by Gasteiger charge is -2.36. The van der Waals surface area contributed by atoms with Crippen LogP contribution < -0.4 is 9.64 Å². The van der Waals surface area contributed by atoms with Crippen molar-refractivity contribution in [2.75, 3.05) is 29.6 Å². The van der Waals surface area contributed by atoms with Crippen LogP contribution in [0.3, 0.4) is 0 Å². The molecule has 0 aliphatic carbocycles. The zero-order chi connectivity index (χ0) is 24.1. The number of anilines is 2. The molecule has 8 heteroatoms. The second-order valence-corrected chi connectivity index (χ2v) is 11.8. The van der Waals surface area contributed by atoms with Gasteiger partial charge in [0.2, 0.25) is 0 Å². The predicted molar refractivity (Wildman–Crippen MR) is 134 cm³/mol. The molecule has 0 spiro atoms. The van der Waals surface area contributed by atoms with Crippen molar-refractivity contribution >= 4 is 38.9 Å². The maximum Gasteiger partial charge on any atom is 0.341 e. The third-order valence-electron chi connectivity index (χ3n) is 6.17. The molecule has 180 valence electrons. The number of carboxylic acids is 1. The van der Waals surface area contributed by atoms with Gasteiger partial charge in [-0.2, -0.15) is 0 Å². The minimum atomic E-state index is -3.64. The van der Waals surface area contributed by atoms with E-state index in [1.165, 1.54) is 17.8 Å². The number of rotatable bonds is 10. The second kappa shape index (κ2) is 10.8. The lowest BCUT2D eigenvalue weighted by Crippen LogP contribution is -2.37. The number of carbonyl (C=O) groups is 1. The van der Waals surface area contributed by atoms with Gasteiger partial charge in [0.15, 0.2) is 16.4 Å². The van der Waals surface area contributed by atoms with Crippen LogP contribution in [-0.2, 0) is 14.6 Å². The van der Waals surface area contributed by atoms with Crippen LogP contribution in [0.15, 0.2) is 52.3 Å². The predicted octanol–water partition coefficient (Wildman–Crippen LogP) is 5.77. The zero-order valence-corrected chi connectivity index (χ0v) is 21.2. The van der Waals surface area contributed by atoms with Crippen molar-refractivity contribution in [2.24, 2.45) is 5.41 Å². The van der Waals surface area contributed by atoms with Gasteiger partial charge in [-0.1, -0.05) is 51.8 Å². The molecular weight excluding hydrogens is 458 g/mol. The van der Waals surface area contributed by atoms with Gasteiger partial charge in [-0.25, -0.2) is 13.2 Å². The second-order valence-electron chi connectivity index (χ2n) is 8.52. The van der Waals surface area contributed by atoms with Gasteiger partial charge in [0.25, 0.3) is 0 Å². The molecule has 2 aromatic carbocycles. The monoisotopic (exact) mass is 491 g/mol. The van der Waals surface area contributed by atoms with E-state index < -0.39 is 22.4 Å². The Morgan fingerprint density at radius 1 is 1.18 bits per heavy atom. The summed E-state index contributed by atoms with van der Waals surface area (Å²) in [6, 6.07) is 13.3. The van der Waals surface area contributed by atoms with Gasteiger partial charge in [-0.05, 0) is 36.8 Å². The Balaban J connectivity index is 2.24. The van der Waals surface area contributed by atoms with Gasteiger partial charge in [0.05, 0.1) is 21.2 Å². The van der Waals surface area contributed by atoms with Crippen LogP contribution in [0.2, 0.25) is 0 Å². The average Bonchev–Trinajstić information content (AvgIpc) is 2.89. The largest absolute Gasteiger partial charge is 0.481 e. The van der Waals surface area contributed by atoms with E-state index in [0.717, 1.165) is 42.0 Å². The molecule has 0 bridgehead atoms. The Morgan fingerprint density at radius 3 is 2.52 bits per heavy atom. The summed E-state index contributed by atoms with van der Waals surface area (Å²) in [4.78, 5) is 14.2. The normalized spacial score (nSPS) is 19.5. The maximum atomic E-state index is 13.8. The molecule has 1 aliphatic rings. The number of nitrogens with zero attached hydrogens (tertiary/aromatic N) is 1. The summed E-state index contributed by atoms with van der Waals surface area (Å²) in [5.41, 5.74) is 1.19. The highest BCUT2D eigenvalue weighted by Crippen LogP contribution is 2.47. The quantitative estimate of drug-likeness (QED) is 0.422. The molecule has 1 atom stereocenters. The number of unbranched alkanes of at least 4 members (excludes halogenated alkanes) is 1. The molecule has 1 aliphatic heterocycles. The lowest BCUT2D eigenvalue weighted by atomic mass is 9.81. The van der Waals surface area contributed by atoms with Crippen molar-refractivity contribution in [1.82, 2.24) is 0 Å². The van der Waals surface area contributed by atoms with E-state index in [-0.39, 0.29) is 16.1 Å². The highest BCUT2D eigenvalue weighted by Gasteiger charge is 2.42. The molecule has 3 rings (SSSR count). The molecule has 1 unspecified atom stereocenters. The Labute approximate surface area is 201 Å². The van der Waals surface area contributed by atoms with Crippen molar-refractivity contribution in [3.8, 4) is 5.75 Å². The fourth-order valence-corrected chi connectivity index (χ4v) is 7.33. The van der Waals surface area contributed by atoms with Crippen molar-refractivity contribution in [3.63, 3.8) is 0 Å².